The Morgan fingerprint density at radius 3 is 2.89 bits per heavy atom. The molecule has 0 atom stereocenters. The maximum Gasteiger partial charge on any atom is 0.269 e. The Kier molecular flexibility index (Phi) is 3.42. The van der Waals surface area contributed by atoms with Gasteiger partial charge in [-0.3, -0.25) is 9.48 Å². The van der Waals surface area contributed by atoms with Crippen LogP contribution in [-0.2, 0) is 13.6 Å². The van der Waals surface area contributed by atoms with Crippen molar-refractivity contribution >= 4 is 23.2 Å². The van der Waals surface area contributed by atoms with Gasteiger partial charge in [0.1, 0.15) is 11.4 Å². The molecule has 2 rings (SSSR count). The number of aromatic carboxylic acids is 1. The molecule has 0 aliphatic carbocycles. The van der Waals surface area contributed by atoms with Gasteiger partial charge in [-0.2, -0.15) is 5.10 Å². The summed E-state index contributed by atoms with van der Waals surface area (Å²) in [6, 6.07) is 4.99. The SMILES string of the molecule is Cn1nc(C(=O)[O-])cc1C(=O)NCc1cccs1. The van der Waals surface area contributed by atoms with Gasteiger partial charge in [0.15, 0.2) is 0 Å². The number of carboxylic acid groups (broad SMARTS) is 1. The van der Waals surface area contributed by atoms with Gasteiger partial charge in [0, 0.05) is 11.9 Å². The lowest BCUT2D eigenvalue weighted by molar-refractivity contribution is -0.255. The van der Waals surface area contributed by atoms with Gasteiger partial charge < -0.3 is 15.2 Å². The second-order valence-electron chi connectivity index (χ2n) is 3.59. The summed E-state index contributed by atoms with van der Waals surface area (Å²) in [6.45, 7) is 0.405. The number of carbonyl (C=O) groups excluding carboxylic acids is 2. The lowest BCUT2D eigenvalue weighted by atomic mass is 10.3. The first-order valence-corrected chi connectivity index (χ1v) is 6.02. The van der Waals surface area contributed by atoms with E-state index in [-0.39, 0.29) is 17.3 Å². The average molecular weight is 264 g/mol. The fourth-order valence-electron chi connectivity index (χ4n) is 1.45. The summed E-state index contributed by atoms with van der Waals surface area (Å²) in [5, 5.41) is 18.9. The molecule has 0 aliphatic rings. The lowest BCUT2D eigenvalue weighted by Gasteiger charge is -2.03. The van der Waals surface area contributed by atoms with Crippen LogP contribution in [0, 0.1) is 0 Å². The summed E-state index contributed by atoms with van der Waals surface area (Å²) in [5.74, 6) is -1.77. The van der Waals surface area contributed by atoms with Gasteiger partial charge >= 0.3 is 0 Å². The number of aryl methyl sites for hydroxylation is 1. The number of hydrogen-bond acceptors (Lipinski definition) is 5. The van der Waals surface area contributed by atoms with E-state index < -0.39 is 5.97 Å². The fourth-order valence-corrected chi connectivity index (χ4v) is 2.10. The Balaban J connectivity index is 2.06. The molecular weight excluding hydrogens is 254 g/mol. The number of aromatic nitrogens is 2. The molecule has 7 heteroatoms. The Morgan fingerprint density at radius 1 is 1.56 bits per heavy atom. The molecule has 0 aromatic carbocycles. The first-order chi connectivity index (χ1) is 8.58. The van der Waals surface area contributed by atoms with Crippen LogP contribution in [-0.4, -0.2) is 21.7 Å². The van der Waals surface area contributed by atoms with Crippen molar-refractivity contribution in [2.45, 2.75) is 6.54 Å². The number of carboxylic acids is 1. The smallest absolute Gasteiger partial charge is 0.269 e. The van der Waals surface area contributed by atoms with E-state index in [1.54, 1.807) is 0 Å². The lowest BCUT2D eigenvalue weighted by Crippen LogP contribution is -2.24. The monoisotopic (exact) mass is 264 g/mol. The summed E-state index contributed by atoms with van der Waals surface area (Å²) in [4.78, 5) is 23.5. The normalized spacial score (nSPS) is 10.3. The minimum absolute atomic E-state index is 0.186. The van der Waals surface area contributed by atoms with Gasteiger partial charge in [-0.15, -0.1) is 11.3 Å². The van der Waals surface area contributed by atoms with E-state index in [4.69, 9.17) is 0 Å². The zero-order chi connectivity index (χ0) is 13.1. The van der Waals surface area contributed by atoms with Gasteiger partial charge in [-0.25, -0.2) is 0 Å². The maximum absolute atomic E-state index is 11.8. The first kappa shape index (κ1) is 12.3. The quantitative estimate of drug-likeness (QED) is 0.826. The second-order valence-corrected chi connectivity index (χ2v) is 4.62. The van der Waals surface area contributed by atoms with Crippen molar-refractivity contribution in [2.24, 2.45) is 7.05 Å². The molecule has 1 amide bonds. The Hall–Kier alpha value is -2.15. The van der Waals surface area contributed by atoms with Crippen molar-refractivity contribution in [1.82, 2.24) is 15.1 Å². The number of thiophene rings is 1. The number of nitrogens with zero attached hydrogens (tertiary/aromatic N) is 2. The van der Waals surface area contributed by atoms with E-state index in [0.29, 0.717) is 6.54 Å². The highest BCUT2D eigenvalue weighted by Gasteiger charge is 2.13. The van der Waals surface area contributed by atoms with Crippen LogP contribution >= 0.6 is 11.3 Å². The van der Waals surface area contributed by atoms with E-state index in [1.165, 1.54) is 29.1 Å². The molecule has 0 spiro atoms. The number of nitrogens with one attached hydrogen (secondary N) is 1. The van der Waals surface area contributed by atoms with Crippen LogP contribution in [0.2, 0.25) is 0 Å². The zero-order valence-electron chi connectivity index (χ0n) is 9.54. The molecular formula is C11H10N3O3S-. The van der Waals surface area contributed by atoms with Gasteiger partial charge in [0.05, 0.1) is 12.5 Å². The predicted octanol–water partition coefficient (Wildman–Crippen LogP) is -0.225. The van der Waals surface area contributed by atoms with Gasteiger partial charge in [-0.1, -0.05) is 6.07 Å². The van der Waals surface area contributed by atoms with Crippen LogP contribution in [0.3, 0.4) is 0 Å². The molecule has 18 heavy (non-hydrogen) atoms. The highest BCUT2D eigenvalue weighted by atomic mass is 32.1. The summed E-state index contributed by atoms with van der Waals surface area (Å²) in [6.07, 6.45) is 0. The third-order valence-electron chi connectivity index (χ3n) is 2.32. The van der Waals surface area contributed by atoms with Gasteiger partial charge in [0.2, 0.25) is 0 Å². The zero-order valence-corrected chi connectivity index (χ0v) is 10.4. The Labute approximate surface area is 107 Å². The van der Waals surface area contributed by atoms with E-state index in [9.17, 15) is 14.7 Å². The van der Waals surface area contributed by atoms with E-state index >= 15 is 0 Å². The van der Waals surface area contributed by atoms with Gasteiger partial charge in [0.25, 0.3) is 5.91 Å². The maximum atomic E-state index is 11.8. The van der Waals surface area contributed by atoms with Crippen molar-refractivity contribution in [3.63, 3.8) is 0 Å². The minimum Gasteiger partial charge on any atom is -0.543 e. The molecule has 2 aromatic rings. The van der Waals surface area contributed by atoms with Crippen molar-refractivity contribution in [1.29, 1.82) is 0 Å². The minimum atomic E-state index is -1.40. The molecule has 0 unspecified atom stereocenters. The number of rotatable bonds is 4. The molecule has 6 nitrogen and oxygen atoms in total. The number of carbonyl (C=O) groups is 2. The van der Waals surface area contributed by atoms with Crippen LogP contribution in [0.1, 0.15) is 25.9 Å². The molecule has 0 saturated carbocycles. The topological polar surface area (TPSA) is 87.1 Å². The van der Waals surface area contributed by atoms with E-state index in [0.717, 1.165) is 4.88 Å². The highest BCUT2D eigenvalue weighted by Crippen LogP contribution is 2.08. The van der Waals surface area contributed by atoms with Gasteiger partial charge in [-0.05, 0) is 17.5 Å². The summed E-state index contributed by atoms with van der Waals surface area (Å²) < 4.78 is 1.22. The third-order valence-corrected chi connectivity index (χ3v) is 3.20. The molecule has 0 fully saturated rings. The molecule has 0 bridgehead atoms. The average Bonchev–Trinajstić information content (AvgIpc) is 2.94. The van der Waals surface area contributed by atoms with E-state index in [1.807, 2.05) is 17.5 Å². The number of hydrogen-bond donors (Lipinski definition) is 1. The van der Waals surface area contributed by atoms with Crippen LogP contribution in [0.4, 0.5) is 0 Å². The van der Waals surface area contributed by atoms with Crippen molar-refractivity contribution in [3.05, 3.63) is 39.8 Å². The van der Waals surface area contributed by atoms with E-state index in [2.05, 4.69) is 10.4 Å². The van der Waals surface area contributed by atoms with Crippen molar-refractivity contribution in [3.8, 4) is 0 Å². The molecule has 0 saturated heterocycles. The Bertz CT molecular complexity index is 574. The summed E-state index contributed by atoms with van der Waals surface area (Å²) >= 11 is 1.53. The van der Waals surface area contributed by atoms with Crippen LogP contribution in [0.5, 0.6) is 0 Å². The van der Waals surface area contributed by atoms with Crippen LogP contribution in [0.15, 0.2) is 23.6 Å². The Morgan fingerprint density at radius 2 is 2.33 bits per heavy atom. The molecule has 2 heterocycles. The van der Waals surface area contributed by atoms with Crippen molar-refractivity contribution < 1.29 is 14.7 Å². The molecule has 2 aromatic heterocycles. The summed E-state index contributed by atoms with van der Waals surface area (Å²) in [5.41, 5.74) is -0.0653. The fraction of sp³-hybridized carbons (Fsp3) is 0.182. The van der Waals surface area contributed by atoms with Crippen LogP contribution < -0.4 is 10.4 Å². The molecule has 1 N–H and O–H groups in total. The second kappa shape index (κ2) is 5.01. The van der Waals surface area contributed by atoms with Crippen molar-refractivity contribution in [2.75, 3.05) is 0 Å². The molecule has 94 valence electrons. The summed E-state index contributed by atoms with van der Waals surface area (Å²) in [7, 11) is 1.51. The number of amides is 1. The predicted molar refractivity (Wildman–Crippen MR) is 63.0 cm³/mol. The largest absolute Gasteiger partial charge is 0.543 e. The third kappa shape index (κ3) is 2.57. The standard InChI is InChI=1S/C11H11N3O3S/c1-14-9(5-8(13-14)11(16)17)10(15)12-6-7-3-2-4-18-7/h2-5H,6H2,1H3,(H,12,15)(H,16,17)/p-1. The molecule has 0 aliphatic heterocycles. The molecule has 0 radical (unpaired) electrons. The highest BCUT2D eigenvalue weighted by molar-refractivity contribution is 7.09. The first-order valence-electron chi connectivity index (χ1n) is 5.14. The van der Waals surface area contributed by atoms with Crippen LogP contribution in [0.25, 0.3) is 0 Å².